The van der Waals surface area contributed by atoms with Crippen molar-refractivity contribution < 1.29 is 18.0 Å². The first-order valence-electron chi connectivity index (χ1n) is 8.79. The molecule has 2 aromatic carbocycles. The summed E-state index contributed by atoms with van der Waals surface area (Å²) < 4.78 is 28.2. The molecule has 27 heavy (non-hydrogen) atoms. The second-order valence-electron chi connectivity index (χ2n) is 7.77. The molecule has 1 aliphatic rings. The van der Waals surface area contributed by atoms with Crippen LogP contribution in [0.15, 0.2) is 53.4 Å². The molecule has 0 amide bonds. The van der Waals surface area contributed by atoms with E-state index in [1.54, 1.807) is 62.4 Å². The van der Waals surface area contributed by atoms with Gasteiger partial charge in [-0.25, -0.2) is 8.42 Å². The first-order chi connectivity index (χ1) is 12.6. The predicted octanol–water partition coefficient (Wildman–Crippen LogP) is 3.76. The number of carbonyl (C=O) groups excluding carboxylic acids is 2. The van der Waals surface area contributed by atoms with Crippen LogP contribution in [0.4, 0.5) is 5.69 Å². The van der Waals surface area contributed by atoms with Crippen LogP contribution in [0.2, 0.25) is 0 Å². The second kappa shape index (κ2) is 6.60. The van der Waals surface area contributed by atoms with Crippen LogP contribution in [0.3, 0.4) is 0 Å². The Morgan fingerprint density at radius 1 is 1.07 bits per heavy atom. The van der Waals surface area contributed by atoms with Crippen molar-refractivity contribution in [3.8, 4) is 0 Å². The lowest BCUT2D eigenvalue weighted by atomic mass is 9.78. The number of ketones is 2. The van der Waals surface area contributed by atoms with E-state index < -0.39 is 21.5 Å². The van der Waals surface area contributed by atoms with Gasteiger partial charge in [-0.05, 0) is 38.1 Å². The number of fused-ring (bicyclic) bond motifs is 1. The maximum Gasteiger partial charge on any atom is 0.265 e. The zero-order valence-electron chi connectivity index (χ0n) is 15.9. The Morgan fingerprint density at radius 3 is 2.26 bits per heavy atom. The minimum atomic E-state index is -3.97. The molecule has 1 heterocycles. The molecule has 3 rings (SSSR count). The van der Waals surface area contributed by atoms with E-state index in [-0.39, 0.29) is 22.9 Å². The predicted molar refractivity (Wildman–Crippen MR) is 104 cm³/mol. The van der Waals surface area contributed by atoms with E-state index >= 15 is 0 Å². The highest BCUT2D eigenvalue weighted by Crippen LogP contribution is 2.44. The summed E-state index contributed by atoms with van der Waals surface area (Å²) in [6.45, 7) is 6.86. The third-order valence-corrected chi connectivity index (χ3v) is 6.71. The summed E-state index contributed by atoms with van der Waals surface area (Å²) in [4.78, 5) is 25.1. The summed E-state index contributed by atoms with van der Waals surface area (Å²) in [5, 5.41) is 0. The Labute approximate surface area is 160 Å². The van der Waals surface area contributed by atoms with Crippen molar-refractivity contribution in [3.63, 3.8) is 0 Å². The zero-order valence-corrected chi connectivity index (χ0v) is 16.7. The molecule has 0 saturated carbocycles. The van der Waals surface area contributed by atoms with Gasteiger partial charge in [-0.1, -0.05) is 43.7 Å². The van der Waals surface area contributed by atoms with Gasteiger partial charge in [-0.15, -0.1) is 0 Å². The average molecular weight is 385 g/mol. The number of hydrogen-bond acceptors (Lipinski definition) is 4. The molecule has 142 valence electrons. The van der Waals surface area contributed by atoms with Gasteiger partial charge in [-0.2, -0.15) is 0 Å². The molecule has 0 saturated heterocycles. The number of para-hydroxylation sites is 1. The van der Waals surface area contributed by atoms with Crippen LogP contribution >= 0.6 is 0 Å². The Balaban J connectivity index is 2.20. The molecule has 0 radical (unpaired) electrons. The first kappa shape index (κ1) is 19.3. The number of aryl methyl sites for hydroxylation is 1. The topological polar surface area (TPSA) is 71.5 Å². The molecule has 6 heteroatoms. The summed E-state index contributed by atoms with van der Waals surface area (Å²) >= 11 is 0. The molecule has 0 spiro atoms. The average Bonchev–Trinajstić information content (AvgIpc) is 2.89. The number of rotatable bonds is 5. The van der Waals surface area contributed by atoms with Gasteiger partial charge in [-0.3, -0.25) is 9.10 Å². The van der Waals surface area contributed by atoms with Gasteiger partial charge in [0.05, 0.1) is 10.6 Å². The Kier molecular flexibility index (Phi) is 4.72. The number of anilines is 1. The SMILES string of the molecule is CC(=O)CC(C)(C)C1C(=O)c2ccccc2N1S(=O)(=O)c1ccc(C)cc1. The maximum atomic E-state index is 13.5. The van der Waals surface area contributed by atoms with Crippen molar-refractivity contribution in [2.45, 2.75) is 45.1 Å². The van der Waals surface area contributed by atoms with Crippen LogP contribution in [-0.2, 0) is 14.8 Å². The number of Topliss-reactive ketones (excluding diaryl/α,β-unsaturated/α-hetero) is 2. The summed E-state index contributed by atoms with van der Waals surface area (Å²) in [6, 6.07) is 12.3. The fourth-order valence-corrected chi connectivity index (χ4v) is 5.55. The number of hydrogen-bond donors (Lipinski definition) is 0. The van der Waals surface area contributed by atoms with Crippen molar-refractivity contribution in [1.29, 1.82) is 0 Å². The molecule has 0 aliphatic carbocycles. The number of benzene rings is 2. The molecule has 1 atom stereocenters. The third kappa shape index (κ3) is 3.30. The molecule has 1 aliphatic heterocycles. The third-order valence-electron chi connectivity index (χ3n) is 4.91. The van der Waals surface area contributed by atoms with E-state index in [0.29, 0.717) is 11.3 Å². The molecule has 0 fully saturated rings. The van der Waals surface area contributed by atoms with Crippen LogP contribution < -0.4 is 4.31 Å². The van der Waals surface area contributed by atoms with Crippen LogP contribution in [-0.4, -0.2) is 26.0 Å². The van der Waals surface area contributed by atoms with E-state index in [1.807, 2.05) is 6.92 Å². The van der Waals surface area contributed by atoms with Gasteiger partial charge >= 0.3 is 0 Å². The quantitative estimate of drug-likeness (QED) is 0.786. The number of sulfonamides is 1. The van der Waals surface area contributed by atoms with Crippen molar-refractivity contribution in [2.75, 3.05) is 4.31 Å². The Bertz CT molecular complexity index is 1010. The molecule has 5 nitrogen and oxygen atoms in total. The maximum absolute atomic E-state index is 13.5. The minimum absolute atomic E-state index is 0.0866. The fraction of sp³-hybridized carbons (Fsp3) is 0.333. The van der Waals surface area contributed by atoms with Gasteiger partial charge in [0.1, 0.15) is 11.8 Å². The molecule has 0 aromatic heterocycles. The van der Waals surface area contributed by atoms with Gasteiger partial charge in [0.2, 0.25) is 0 Å². The Hall–Kier alpha value is -2.47. The first-order valence-corrected chi connectivity index (χ1v) is 10.2. The molecular formula is C21H23NO4S. The van der Waals surface area contributed by atoms with Gasteiger partial charge < -0.3 is 4.79 Å². The smallest absolute Gasteiger partial charge is 0.265 e. The van der Waals surface area contributed by atoms with E-state index in [0.717, 1.165) is 5.56 Å². The van der Waals surface area contributed by atoms with E-state index in [9.17, 15) is 18.0 Å². The number of nitrogens with zero attached hydrogens (tertiary/aromatic N) is 1. The fourth-order valence-electron chi connectivity index (χ4n) is 3.77. The minimum Gasteiger partial charge on any atom is -0.300 e. The lowest BCUT2D eigenvalue weighted by Gasteiger charge is -2.36. The molecule has 0 bridgehead atoms. The zero-order chi connectivity index (χ0) is 20.0. The highest BCUT2D eigenvalue weighted by atomic mass is 32.2. The van der Waals surface area contributed by atoms with Crippen molar-refractivity contribution in [2.24, 2.45) is 5.41 Å². The lowest BCUT2D eigenvalue weighted by molar-refractivity contribution is -0.118. The van der Waals surface area contributed by atoms with Gasteiger partial charge in [0, 0.05) is 17.4 Å². The second-order valence-corrected chi connectivity index (χ2v) is 9.58. The molecule has 2 aromatic rings. The number of carbonyl (C=O) groups is 2. The van der Waals surface area contributed by atoms with Crippen LogP contribution in [0.5, 0.6) is 0 Å². The van der Waals surface area contributed by atoms with Gasteiger partial charge in [0.15, 0.2) is 5.78 Å². The Morgan fingerprint density at radius 2 is 1.67 bits per heavy atom. The summed E-state index contributed by atoms with van der Waals surface area (Å²) in [7, 11) is -3.97. The van der Waals surface area contributed by atoms with Crippen LogP contribution in [0.25, 0.3) is 0 Å². The lowest BCUT2D eigenvalue weighted by Crippen LogP contribution is -2.49. The highest BCUT2D eigenvalue weighted by Gasteiger charge is 2.51. The highest BCUT2D eigenvalue weighted by molar-refractivity contribution is 7.93. The summed E-state index contributed by atoms with van der Waals surface area (Å²) in [5.74, 6) is -0.357. The molecule has 1 unspecified atom stereocenters. The largest absolute Gasteiger partial charge is 0.300 e. The van der Waals surface area contributed by atoms with Crippen LogP contribution in [0, 0.1) is 12.3 Å². The summed E-state index contributed by atoms with van der Waals surface area (Å²) in [6.07, 6.45) is 0.108. The molecule has 0 N–H and O–H groups in total. The van der Waals surface area contributed by atoms with Crippen molar-refractivity contribution in [1.82, 2.24) is 0 Å². The van der Waals surface area contributed by atoms with Gasteiger partial charge in [0.25, 0.3) is 10.0 Å². The van der Waals surface area contributed by atoms with E-state index in [4.69, 9.17) is 0 Å². The van der Waals surface area contributed by atoms with Crippen molar-refractivity contribution in [3.05, 3.63) is 59.7 Å². The normalized spacial score (nSPS) is 17.1. The van der Waals surface area contributed by atoms with Crippen molar-refractivity contribution >= 4 is 27.3 Å². The molecular weight excluding hydrogens is 362 g/mol. The van der Waals surface area contributed by atoms with Crippen LogP contribution in [0.1, 0.15) is 43.1 Å². The summed E-state index contributed by atoms with van der Waals surface area (Å²) in [5.41, 5.74) is 0.833. The van der Waals surface area contributed by atoms with E-state index in [2.05, 4.69) is 0 Å². The van der Waals surface area contributed by atoms with E-state index in [1.165, 1.54) is 11.2 Å². The monoisotopic (exact) mass is 385 g/mol. The standard InChI is InChI=1S/C21H23NO4S/c1-14-9-11-16(12-10-14)27(25,26)22-18-8-6-5-7-17(18)19(24)20(22)21(3,4)13-15(2)23/h5-12,20H,13H2,1-4H3.